The first-order valence-corrected chi connectivity index (χ1v) is 13.2. The summed E-state index contributed by atoms with van der Waals surface area (Å²) in [6.07, 6.45) is 2.87. The SMILES string of the molecule is CCCCn1c(CCC(=O)N(C)Cc2ccc(C)cc2C)nc2cc(S(=O)(=O)N(C)C)ccc21. The number of unbranched alkanes of at least 4 members (excludes halogenated alkanes) is 1. The average molecular weight is 485 g/mol. The van der Waals surface area contributed by atoms with Gasteiger partial charge in [0.1, 0.15) is 5.82 Å². The highest BCUT2D eigenvalue weighted by Gasteiger charge is 2.20. The summed E-state index contributed by atoms with van der Waals surface area (Å²) in [5.74, 6) is 0.876. The molecule has 7 nitrogen and oxygen atoms in total. The second-order valence-corrected chi connectivity index (χ2v) is 11.3. The smallest absolute Gasteiger partial charge is 0.242 e. The summed E-state index contributed by atoms with van der Waals surface area (Å²) < 4.78 is 28.5. The molecule has 0 radical (unpaired) electrons. The zero-order valence-corrected chi connectivity index (χ0v) is 21.9. The van der Waals surface area contributed by atoms with Crippen LogP contribution in [0.4, 0.5) is 0 Å². The molecule has 3 aromatic rings. The van der Waals surface area contributed by atoms with Crippen molar-refractivity contribution in [2.45, 2.75) is 64.4 Å². The molecule has 1 aromatic heterocycles. The number of carbonyl (C=O) groups is 1. The summed E-state index contributed by atoms with van der Waals surface area (Å²) in [5, 5.41) is 0. The first kappa shape index (κ1) is 25.9. The van der Waals surface area contributed by atoms with Gasteiger partial charge in [-0.05, 0) is 49.6 Å². The predicted octanol–water partition coefficient (Wildman–Crippen LogP) is 4.29. The number of benzene rings is 2. The van der Waals surface area contributed by atoms with Crippen LogP contribution in [-0.2, 0) is 34.3 Å². The highest BCUT2D eigenvalue weighted by Crippen LogP contribution is 2.23. The van der Waals surface area contributed by atoms with Gasteiger partial charge in [-0.15, -0.1) is 0 Å². The number of sulfonamides is 1. The number of nitrogens with zero attached hydrogens (tertiary/aromatic N) is 4. The van der Waals surface area contributed by atoms with Crippen molar-refractivity contribution in [2.75, 3.05) is 21.1 Å². The summed E-state index contributed by atoms with van der Waals surface area (Å²) in [6.45, 7) is 7.63. The molecule has 0 aliphatic rings. The number of carbonyl (C=O) groups excluding carboxylic acids is 1. The molecule has 0 N–H and O–H groups in total. The molecule has 1 amide bonds. The standard InChI is InChI=1S/C26H36N4O3S/c1-7-8-15-30-24-12-11-22(34(32,33)28(4)5)17-23(24)27-25(30)13-14-26(31)29(6)18-21-10-9-19(2)16-20(21)3/h9-12,16-17H,7-8,13-15,18H2,1-6H3. The van der Waals surface area contributed by atoms with Gasteiger partial charge in [0.15, 0.2) is 0 Å². The van der Waals surface area contributed by atoms with Gasteiger partial charge in [0, 0.05) is 47.1 Å². The van der Waals surface area contributed by atoms with Crippen molar-refractivity contribution in [1.82, 2.24) is 18.8 Å². The van der Waals surface area contributed by atoms with E-state index in [1.165, 1.54) is 29.5 Å². The first-order valence-electron chi connectivity index (χ1n) is 11.8. The van der Waals surface area contributed by atoms with Gasteiger partial charge in [-0.1, -0.05) is 37.1 Å². The van der Waals surface area contributed by atoms with E-state index < -0.39 is 10.0 Å². The summed E-state index contributed by atoms with van der Waals surface area (Å²) in [4.78, 5) is 19.6. The number of amides is 1. The number of aromatic nitrogens is 2. The highest BCUT2D eigenvalue weighted by atomic mass is 32.2. The minimum Gasteiger partial charge on any atom is -0.341 e. The lowest BCUT2D eigenvalue weighted by Crippen LogP contribution is -2.27. The molecular formula is C26H36N4O3S. The van der Waals surface area contributed by atoms with Gasteiger partial charge in [0.25, 0.3) is 0 Å². The molecule has 0 spiro atoms. The van der Waals surface area contributed by atoms with Crippen molar-refractivity contribution in [3.8, 4) is 0 Å². The third-order valence-corrected chi connectivity index (χ3v) is 8.02. The number of hydrogen-bond donors (Lipinski definition) is 0. The molecule has 184 valence electrons. The quantitative estimate of drug-likeness (QED) is 0.430. The lowest BCUT2D eigenvalue weighted by atomic mass is 10.1. The van der Waals surface area contributed by atoms with Crippen LogP contribution in [0.3, 0.4) is 0 Å². The molecule has 0 saturated carbocycles. The number of fused-ring (bicyclic) bond motifs is 1. The third kappa shape index (κ3) is 5.67. The lowest BCUT2D eigenvalue weighted by Gasteiger charge is -2.19. The zero-order chi connectivity index (χ0) is 25.0. The van der Waals surface area contributed by atoms with Gasteiger partial charge in [-0.2, -0.15) is 0 Å². The monoisotopic (exact) mass is 484 g/mol. The number of imidazole rings is 1. The van der Waals surface area contributed by atoms with E-state index in [1.807, 2.05) is 13.1 Å². The van der Waals surface area contributed by atoms with E-state index in [9.17, 15) is 13.2 Å². The van der Waals surface area contributed by atoms with Crippen LogP contribution >= 0.6 is 0 Å². The van der Waals surface area contributed by atoms with Crippen molar-refractivity contribution in [3.05, 3.63) is 58.9 Å². The van der Waals surface area contributed by atoms with Gasteiger partial charge in [0.05, 0.1) is 15.9 Å². The summed E-state index contributed by atoms with van der Waals surface area (Å²) >= 11 is 0. The van der Waals surface area contributed by atoms with Crippen molar-refractivity contribution in [1.29, 1.82) is 0 Å². The van der Waals surface area contributed by atoms with E-state index in [2.05, 4.69) is 43.5 Å². The van der Waals surface area contributed by atoms with E-state index in [0.717, 1.165) is 36.3 Å². The van der Waals surface area contributed by atoms with Crippen LogP contribution in [0.2, 0.25) is 0 Å². The predicted molar refractivity (Wildman–Crippen MR) is 136 cm³/mol. The Morgan fingerprint density at radius 2 is 1.79 bits per heavy atom. The number of hydrogen-bond acceptors (Lipinski definition) is 4. The van der Waals surface area contributed by atoms with E-state index in [0.29, 0.717) is 24.9 Å². The van der Waals surface area contributed by atoms with E-state index in [4.69, 9.17) is 4.98 Å². The van der Waals surface area contributed by atoms with Gasteiger partial charge in [-0.3, -0.25) is 4.79 Å². The van der Waals surface area contributed by atoms with Crippen LogP contribution < -0.4 is 0 Å². The normalized spacial score (nSPS) is 12.0. The van der Waals surface area contributed by atoms with Crippen molar-refractivity contribution in [2.24, 2.45) is 0 Å². The van der Waals surface area contributed by atoms with Crippen LogP contribution in [0.1, 0.15) is 48.7 Å². The molecule has 0 aliphatic carbocycles. The molecule has 1 heterocycles. The Morgan fingerprint density at radius 1 is 1.06 bits per heavy atom. The Labute approximate surface area is 203 Å². The minimum absolute atomic E-state index is 0.0601. The van der Waals surface area contributed by atoms with Crippen LogP contribution in [-0.4, -0.2) is 54.2 Å². The zero-order valence-electron chi connectivity index (χ0n) is 21.1. The van der Waals surface area contributed by atoms with Gasteiger partial charge in [0.2, 0.25) is 15.9 Å². The Bertz CT molecular complexity index is 1280. The van der Waals surface area contributed by atoms with Crippen molar-refractivity contribution < 1.29 is 13.2 Å². The Balaban J connectivity index is 1.81. The fourth-order valence-electron chi connectivity index (χ4n) is 4.06. The Hall–Kier alpha value is -2.71. The fourth-order valence-corrected chi connectivity index (χ4v) is 4.99. The molecule has 0 bridgehead atoms. The summed E-state index contributed by atoms with van der Waals surface area (Å²) in [5.41, 5.74) is 5.08. The number of rotatable bonds is 10. The van der Waals surface area contributed by atoms with Crippen molar-refractivity contribution in [3.63, 3.8) is 0 Å². The maximum Gasteiger partial charge on any atom is 0.242 e. The molecule has 0 saturated heterocycles. The molecule has 0 atom stereocenters. The van der Waals surface area contributed by atoms with Crippen molar-refractivity contribution >= 4 is 27.0 Å². The van der Waals surface area contributed by atoms with Crippen LogP contribution in [0.15, 0.2) is 41.3 Å². The molecule has 0 aliphatic heterocycles. The molecule has 3 rings (SSSR count). The summed E-state index contributed by atoms with van der Waals surface area (Å²) in [7, 11) is 1.33. The van der Waals surface area contributed by atoms with Gasteiger partial charge < -0.3 is 9.47 Å². The summed E-state index contributed by atoms with van der Waals surface area (Å²) in [6, 6.07) is 11.4. The van der Waals surface area contributed by atoms with Crippen LogP contribution in [0.25, 0.3) is 11.0 Å². The largest absolute Gasteiger partial charge is 0.341 e. The average Bonchev–Trinajstić information content (AvgIpc) is 3.14. The topological polar surface area (TPSA) is 75.5 Å². The van der Waals surface area contributed by atoms with Gasteiger partial charge in [-0.25, -0.2) is 17.7 Å². The maximum absolute atomic E-state index is 12.9. The molecular weight excluding hydrogens is 448 g/mol. The highest BCUT2D eigenvalue weighted by molar-refractivity contribution is 7.89. The second-order valence-electron chi connectivity index (χ2n) is 9.15. The maximum atomic E-state index is 12.9. The second kappa shape index (κ2) is 10.7. The minimum atomic E-state index is -3.54. The molecule has 8 heteroatoms. The lowest BCUT2D eigenvalue weighted by molar-refractivity contribution is -0.130. The Kier molecular flexibility index (Phi) is 8.15. The van der Waals surface area contributed by atoms with Crippen LogP contribution in [0.5, 0.6) is 0 Å². The van der Waals surface area contributed by atoms with Gasteiger partial charge >= 0.3 is 0 Å². The Morgan fingerprint density at radius 3 is 2.44 bits per heavy atom. The number of aryl methyl sites for hydroxylation is 4. The fraction of sp³-hybridized carbons (Fsp3) is 0.462. The molecule has 34 heavy (non-hydrogen) atoms. The van der Waals surface area contributed by atoms with Crippen LogP contribution in [0, 0.1) is 13.8 Å². The van der Waals surface area contributed by atoms with E-state index in [-0.39, 0.29) is 10.8 Å². The third-order valence-electron chi connectivity index (χ3n) is 6.21. The molecule has 0 unspecified atom stereocenters. The first-order chi connectivity index (χ1) is 16.0. The van der Waals surface area contributed by atoms with E-state index in [1.54, 1.807) is 17.0 Å². The molecule has 0 fully saturated rings. The molecule has 2 aromatic carbocycles. The van der Waals surface area contributed by atoms with E-state index >= 15 is 0 Å².